The summed E-state index contributed by atoms with van der Waals surface area (Å²) in [5.74, 6) is -1.03. The number of ether oxygens (including phenoxy) is 1. The number of aliphatic hydroxyl groups is 1. The van der Waals surface area contributed by atoms with Gasteiger partial charge in [0.2, 0.25) is 0 Å². The first kappa shape index (κ1) is 12.4. The van der Waals surface area contributed by atoms with Crippen LogP contribution < -0.4 is 10.5 Å². The molecule has 3 N–H and O–H groups in total. The van der Waals surface area contributed by atoms with Crippen LogP contribution in [0.5, 0.6) is 5.75 Å². The van der Waals surface area contributed by atoms with Gasteiger partial charge in [-0.15, -0.1) is 0 Å². The standard InChI is InChI=1S/C11H14FNO3/c1-6(14)9-4-3-8(12)5-10(9)16-7(2)11(13)15/h3-7,14H,1-2H3,(H2,13,15)/t6-,7?/m1/s1. The van der Waals surface area contributed by atoms with Crippen LogP contribution >= 0.6 is 0 Å². The summed E-state index contributed by atoms with van der Waals surface area (Å²) in [7, 11) is 0. The van der Waals surface area contributed by atoms with Crippen molar-refractivity contribution in [3.8, 4) is 5.75 Å². The van der Waals surface area contributed by atoms with Gasteiger partial charge in [-0.3, -0.25) is 4.79 Å². The number of aliphatic hydroxyl groups excluding tert-OH is 1. The van der Waals surface area contributed by atoms with Gasteiger partial charge in [-0.1, -0.05) is 0 Å². The second kappa shape index (κ2) is 4.94. The fourth-order valence-corrected chi connectivity index (χ4v) is 1.20. The molecule has 1 aromatic rings. The zero-order chi connectivity index (χ0) is 12.3. The number of benzene rings is 1. The van der Waals surface area contributed by atoms with Gasteiger partial charge in [0.05, 0.1) is 6.10 Å². The fraction of sp³-hybridized carbons (Fsp3) is 0.364. The molecule has 0 radical (unpaired) electrons. The Balaban J connectivity index is 3.01. The number of nitrogens with two attached hydrogens (primary N) is 1. The number of carbonyl (C=O) groups is 1. The van der Waals surface area contributed by atoms with E-state index in [1.165, 1.54) is 26.0 Å². The molecule has 0 aliphatic carbocycles. The molecule has 0 aliphatic heterocycles. The molecule has 1 amide bonds. The van der Waals surface area contributed by atoms with Gasteiger partial charge in [0.15, 0.2) is 6.10 Å². The number of hydrogen-bond donors (Lipinski definition) is 2. The molecular formula is C11H14FNO3. The quantitative estimate of drug-likeness (QED) is 0.809. The first-order valence-electron chi connectivity index (χ1n) is 4.85. The van der Waals surface area contributed by atoms with Crippen LogP contribution in [-0.2, 0) is 4.79 Å². The molecule has 16 heavy (non-hydrogen) atoms. The van der Waals surface area contributed by atoms with E-state index in [4.69, 9.17) is 10.5 Å². The van der Waals surface area contributed by atoms with Gasteiger partial charge in [0.25, 0.3) is 5.91 Å². The van der Waals surface area contributed by atoms with Crippen LogP contribution in [0.1, 0.15) is 25.5 Å². The third kappa shape index (κ3) is 2.93. The third-order valence-corrected chi connectivity index (χ3v) is 2.13. The van der Waals surface area contributed by atoms with E-state index in [0.29, 0.717) is 5.56 Å². The lowest BCUT2D eigenvalue weighted by Gasteiger charge is -2.16. The maximum atomic E-state index is 13.0. The van der Waals surface area contributed by atoms with Crippen molar-refractivity contribution in [1.82, 2.24) is 0 Å². The zero-order valence-electron chi connectivity index (χ0n) is 9.11. The molecule has 2 atom stereocenters. The second-order valence-electron chi connectivity index (χ2n) is 3.52. The summed E-state index contributed by atoms with van der Waals surface area (Å²) in [6, 6.07) is 3.73. The normalized spacial score (nSPS) is 14.2. The lowest BCUT2D eigenvalue weighted by Crippen LogP contribution is -2.31. The lowest BCUT2D eigenvalue weighted by molar-refractivity contribution is -0.124. The second-order valence-corrected chi connectivity index (χ2v) is 3.52. The van der Waals surface area contributed by atoms with Crippen molar-refractivity contribution in [2.75, 3.05) is 0 Å². The molecule has 0 fully saturated rings. The summed E-state index contributed by atoms with van der Waals surface area (Å²) >= 11 is 0. The molecule has 0 spiro atoms. The number of hydrogen-bond acceptors (Lipinski definition) is 3. The molecule has 1 aromatic carbocycles. The van der Waals surface area contributed by atoms with Gasteiger partial charge >= 0.3 is 0 Å². The number of halogens is 1. The molecule has 1 unspecified atom stereocenters. The highest BCUT2D eigenvalue weighted by molar-refractivity contribution is 5.78. The van der Waals surface area contributed by atoms with E-state index < -0.39 is 23.9 Å². The summed E-state index contributed by atoms with van der Waals surface area (Å²) in [6.45, 7) is 2.98. The van der Waals surface area contributed by atoms with Gasteiger partial charge < -0.3 is 15.6 Å². The molecule has 1 rings (SSSR count). The van der Waals surface area contributed by atoms with Crippen molar-refractivity contribution in [3.05, 3.63) is 29.6 Å². The largest absolute Gasteiger partial charge is 0.480 e. The van der Waals surface area contributed by atoms with Crippen LogP contribution in [0.3, 0.4) is 0 Å². The summed E-state index contributed by atoms with van der Waals surface area (Å²) in [5.41, 5.74) is 5.44. The number of primary amides is 1. The SMILES string of the molecule is CC(Oc1cc(F)ccc1[C@@H](C)O)C(N)=O. The fourth-order valence-electron chi connectivity index (χ4n) is 1.20. The average molecular weight is 227 g/mol. The van der Waals surface area contributed by atoms with Crippen LogP contribution in [0.15, 0.2) is 18.2 Å². The summed E-state index contributed by atoms with van der Waals surface area (Å²) in [6.07, 6.45) is -1.69. The minimum Gasteiger partial charge on any atom is -0.480 e. The van der Waals surface area contributed by atoms with Crippen LogP contribution in [0.2, 0.25) is 0 Å². The maximum absolute atomic E-state index is 13.0. The van der Waals surface area contributed by atoms with Crippen molar-refractivity contribution in [3.63, 3.8) is 0 Å². The monoisotopic (exact) mass is 227 g/mol. The zero-order valence-corrected chi connectivity index (χ0v) is 9.11. The van der Waals surface area contributed by atoms with E-state index in [9.17, 15) is 14.3 Å². The molecule has 0 aromatic heterocycles. The molecule has 0 saturated carbocycles. The Morgan fingerprint density at radius 1 is 1.50 bits per heavy atom. The van der Waals surface area contributed by atoms with Gasteiger partial charge in [0, 0.05) is 11.6 Å². The Morgan fingerprint density at radius 2 is 2.12 bits per heavy atom. The van der Waals surface area contributed by atoms with E-state index in [-0.39, 0.29) is 5.75 Å². The van der Waals surface area contributed by atoms with Gasteiger partial charge in [-0.05, 0) is 26.0 Å². The Labute approximate surface area is 92.8 Å². The van der Waals surface area contributed by atoms with Gasteiger partial charge in [-0.25, -0.2) is 4.39 Å². The highest BCUT2D eigenvalue weighted by Gasteiger charge is 2.16. The molecule has 0 saturated heterocycles. The van der Waals surface area contributed by atoms with Crippen molar-refractivity contribution in [2.45, 2.75) is 26.1 Å². The number of rotatable bonds is 4. The Morgan fingerprint density at radius 3 is 2.62 bits per heavy atom. The van der Waals surface area contributed by atoms with Crippen LogP contribution in [0, 0.1) is 5.82 Å². The smallest absolute Gasteiger partial charge is 0.258 e. The van der Waals surface area contributed by atoms with Crippen LogP contribution in [0.25, 0.3) is 0 Å². The van der Waals surface area contributed by atoms with Crippen LogP contribution in [-0.4, -0.2) is 17.1 Å². The van der Waals surface area contributed by atoms with E-state index in [1.807, 2.05) is 0 Å². The first-order chi connectivity index (χ1) is 7.41. The van der Waals surface area contributed by atoms with E-state index in [1.54, 1.807) is 0 Å². The summed E-state index contributed by atoms with van der Waals surface area (Å²) in [4.78, 5) is 10.8. The van der Waals surface area contributed by atoms with Crippen molar-refractivity contribution in [2.24, 2.45) is 5.73 Å². The maximum Gasteiger partial charge on any atom is 0.258 e. The minimum absolute atomic E-state index is 0.126. The number of amides is 1. The van der Waals surface area contributed by atoms with Crippen molar-refractivity contribution < 1.29 is 19.0 Å². The van der Waals surface area contributed by atoms with Crippen LogP contribution in [0.4, 0.5) is 4.39 Å². The predicted octanol–water partition coefficient (Wildman–Crippen LogP) is 1.13. The molecule has 0 heterocycles. The Kier molecular flexibility index (Phi) is 3.84. The average Bonchev–Trinajstić information content (AvgIpc) is 2.16. The summed E-state index contributed by atoms with van der Waals surface area (Å²) < 4.78 is 18.2. The molecule has 0 bridgehead atoms. The highest BCUT2D eigenvalue weighted by atomic mass is 19.1. The Hall–Kier alpha value is -1.62. The van der Waals surface area contributed by atoms with Gasteiger partial charge in [-0.2, -0.15) is 0 Å². The van der Waals surface area contributed by atoms with Crippen molar-refractivity contribution >= 4 is 5.91 Å². The molecule has 88 valence electrons. The first-order valence-corrected chi connectivity index (χ1v) is 4.85. The third-order valence-electron chi connectivity index (χ3n) is 2.13. The molecule has 0 aliphatic rings. The molecule has 5 heteroatoms. The molecular weight excluding hydrogens is 213 g/mol. The van der Waals surface area contributed by atoms with E-state index in [0.717, 1.165) is 6.07 Å². The summed E-state index contributed by atoms with van der Waals surface area (Å²) in [5, 5.41) is 9.43. The van der Waals surface area contributed by atoms with Gasteiger partial charge in [0.1, 0.15) is 11.6 Å². The highest BCUT2D eigenvalue weighted by Crippen LogP contribution is 2.26. The minimum atomic E-state index is -0.876. The van der Waals surface area contributed by atoms with E-state index >= 15 is 0 Å². The molecule has 4 nitrogen and oxygen atoms in total. The van der Waals surface area contributed by atoms with Crippen molar-refractivity contribution in [1.29, 1.82) is 0 Å². The van der Waals surface area contributed by atoms with E-state index in [2.05, 4.69) is 0 Å². The predicted molar refractivity (Wildman–Crippen MR) is 56.3 cm³/mol. The lowest BCUT2D eigenvalue weighted by atomic mass is 10.1. The Bertz CT molecular complexity index is 393. The number of carbonyl (C=O) groups excluding carboxylic acids is 1. The topological polar surface area (TPSA) is 72.6 Å².